The van der Waals surface area contributed by atoms with Gasteiger partial charge in [-0.15, -0.1) is 0 Å². The molecular weight excluding hydrogens is 677 g/mol. The number of aromatic amines is 1. The van der Waals surface area contributed by atoms with E-state index in [2.05, 4.69) is 92.6 Å². The van der Waals surface area contributed by atoms with E-state index in [1.807, 2.05) is 16.9 Å². The summed E-state index contributed by atoms with van der Waals surface area (Å²) in [6, 6.07) is 15.4. The van der Waals surface area contributed by atoms with Crippen molar-refractivity contribution in [2.75, 3.05) is 18.4 Å². The highest BCUT2D eigenvalue weighted by atomic mass is 127. The largest absolute Gasteiger partial charge is 0.341 e. The first-order chi connectivity index (χ1) is 17.5. The maximum Gasteiger partial charge on any atom is 0.242 e. The lowest BCUT2D eigenvalue weighted by Crippen LogP contribution is -2.33. The second-order valence-corrected chi connectivity index (χ2v) is 12.6. The van der Waals surface area contributed by atoms with Gasteiger partial charge >= 0.3 is 0 Å². The number of anilines is 1. The molecule has 3 aliphatic heterocycles. The zero-order valence-electron chi connectivity index (χ0n) is 20.0. The molecule has 3 aliphatic rings. The molecular formula is C26H29BI2N6O. The summed E-state index contributed by atoms with van der Waals surface area (Å²) in [7, 11) is 6.69. The number of amides is 1. The lowest BCUT2D eigenvalue weighted by Gasteiger charge is -2.27. The normalized spacial score (nSPS) is 27.8. The lowest BCUT2D eigenvalue weighted by atomic mass is 10.0. The van der Waals surface area contributed by atoms with E-state index < -0.39 is 0 Å². The summed E-state index contributed by atoms with van der Waals surface area (Å²) < 4.78 is 4.45. The second kappa shape index (κ2) is 10.5. The van der Waals surface area contributed by atoms with Gasteiger partial charge in [0.2, 0.25) is 5.91 Å². The van der Waals surface area contributed by atoms with Crippen LogP contribution in [0.25, 0.3) is 11.0 Å². The molecule has 0 aliphatic carbocycles. The standard InChI is InChI=1S/C26H29BI2N6O/c27-35-21(16-5-8-18(9-6-16)30-26(36)24-4-2-14-34(24)29)11-12-22(35)17-7-10-19-20(15-17)32-25(31-19)23-3-1-13-33(23)28/h5-10,15,21-24H,1-4,11-14H2,(H,30,36)(H,31,32)/t21?,22?,23-,24-/m0/s1. The lowest BCUT2D eigenvalue weighted by molar-refractivity contribution is -0.118. The van der Waals surface area contributed by atoms with Crippen LogP contribution in [0.2, 0.25) is 0 Å². The maximum atomic E-state index is 12.6. The second-order valence-electron chi connectivity index (χ2n) is 10.1. The van der Waals surface area contributed by atoms with Crippen molar-refractivity contribution in [2.24, 2.45) is 0 Å². The molecule has 36 heavy (non-hydrogen) atoms. The zero-order chi connectivity index (χ0) is 24.8. The average Bonchev–Trinajstić information content (AvgIpc) is 3.66. The van der Waals surface area contributed by atoms with Gasteiger partial charge in [-0.2, -0.15) is 0 Å². The van der Waals surface area contributed by atoms with Crippen LogP contribution in [0.15, 0.2) is 42.5 Å². The first-order valence-corrected chi connectivity index (χ1v) is 14.7. The topological polar surface area (TPSA) is 67.5 Å². The molecule has 7 nitrogen and oxygen atoms in total. The van der Waals surface area contributed by atoms with Crippen LogP contribution in [0.3, 0.4) is 0 Å². The summed E-state index contributed by atoms with van der Waals surface area (Å²) in [5.41, 5.74) is 5.35. The van der Waals surface area contributed by atoms with E-state index in [1.54, 1.807) is 0 Å². The number of hydrogen-bond acceptors (Lipinski definition) is 5. The molecule has 2 unspecified atom stereocenters. The van der Waals surface area contributed by atoms with Gasteiger partial charge in [0, 0.05) is 76.6 Å². The maximum absolute atomic E-state index is 12.6. The summed E-state index contributed by atoms with van der Waals surface area (Å²) in [5, 5.41) is 3.08. The summed E-state index contributed by atoms with van der Waals surface area (Å²) in [6.07, 6.45) is 6.35. The van der Waals surface area contributed by atoms with E-state index in [1.165, 1.54) is 17.5 Å². The number of rotatable bonds is 5. The number of carbonyl (C=O) groups excluding carboxylic acids is 1. The van der Waals surface area contributed by atoms with Crippen molar-refractivity contribution in [1.82, 2.24) is 21.0 Å². The Bertz CT molecular complexity index is 1250. The Morgan fingerprint density at radius 3 is 2.31 bits per heavy atom. The van der Waals surface area contributed by atoms with Crippen molar-refractivity contribution in [1.29, 1.82) is 0 Å². The first-order valence-electron chi connectivity index (χ1n) is 12.8. The molecule has 186 valence electrons. The molecule has 2 aromatic carbocycles. The van der Waals surface area contributed by atoms with Crippen molar-refractivity contribution < 1.29 is 4.79 Å². The zero-order valence-corrected chi connectivity index (χ0v) is 24.4. The van der Waals surface area contributed by atoms with Crippen LogP contribution in [0, 0.1) is 0 Å². The first kappa shape index (κ1) is 25.1. The molecule has 4 atom stereocenters. The molecule has 4 heterocycles. The average molecular weight is 706 g/mol. The molecule has 1 amide bonds. The summed E-state index contributed by atoms with van der Waals surface area (Å²) in [5.74, 6) is 1.14. The number of H-pyrrole nitrogens is 1. The molecule has 2 radical (unpaired) electrons. The molecule has 0 saturated carbocycles. The molecule has 0 bridgehead atoms. The predicted octanol–water partition coefficient (Wildman–Crippen LogP) is 5.76. The van der Waals surface area contributed by atoms with Crippen molar-refractivity contribution in [2.45, 2.75) is 62.7 Å². The van der Waals surface area contributed by atoms with E-state index in [4.69, 9.17) is 13.0 Å². The van der Waals surface area contributed by atoms with Gasteiger partial charge in [0.1, 0.15) is 5.82 Å². The Morgan fingerprint density at radius 2 is 1.61 bits per heavy atom. The Kier molecular flexibility index (Phi) is 7.32. The molecule has 0 spiro atoms. The minimum Gasteiger partial charge on any atom is -0.341 e. The minimum absolute atomic E-state index is 0.0395. The number of fused-ring (bicyclic) bond motifs is 1. The van der Waals surface area contributed by atoms with Crippen LogP contribution in [-0.2, 0) is 4.79 Å². The molecule has 10 heteroatoms. The van der Waals surface area contributed by atoms with E-state index in [0.717, 1.165) is 67.7 Å². The number of halogens is 2. The van der Waals surface area contributed by atoms with Crippen molar-refractivity contribution in [3.05, 3.63) is 59.4 Å². The molecule has 2 N–H and O–H groups in total. The molecule has 3 saturated heterocycles. The number of hydrogen-bond donors (Lipinski definition) is 2. The summed E-state index contributed by atoms with van der Waals surface area (Å²) in [4.78, 5) is 23.1. The third-order valence-corrected chi connectivity index (χ3v) is 10.2. The van der Waals surface area contributed by atoms with Crippen LogP contribution in [0.1, 0.15) is 73.6 Å². The van der Waals surface area contributed by atoms with E-state index in [9.17, 15) is 4.79 Å². The van der Waals surface area contributed by atoms with Crippen LogP contribution >= 0.6 is 45.7 Å². The molecule has 3 aromatic rings. The van der Waals surface area contributed by atoms with Gasteiger partial charge in [0.15, 0.2) is 7.98 Å². The van der Waals surface area contributed by atoms with E-state index in [-0.39, 0.29) is 24.0 Å². The van der Waals surface area contributed by atoms with Gasteiger partial charge in [-0.3, -0.25) is 4.79 Å². The van der Waals surface area contributed by atoms with Gasteiger partial charge < -0.3 is 15.1 Å². The molecule has 3 fully saturated rings. The van der Waals surface area contributed by atoms with Crippen LogP contribution in [0.4, 0.5) is 5.69 Å². The highest BCUT2D eigenvalue weighted by Gasteiger charge is 2.33. The molecule has 6 rings (SSSR count). The quantitative estimate of drug-likeness (QED) is 0.201. The minimum atomic E-state index is -0.0395. The number of nitrogens with one attached hydrogen (secondary N) is 2. The fraction of sp³-hybridized carbons (Fsp3) is 0.462. The van der Waals surface area contributed by atoms with Crippen molar-refractivity contribution in [3.63, 3.8) is 0 Å². The number of carbonyl (C=O) groups is 1. The van der Waals surface area contributed by atoms with E-state index in [0.29, 0.717) is 6.04 Å². The Morgan fingerprint density at radius 1 is 0.917 bits per heavy atom. The smallest absolute Gasteiger partial charge is 0.242 e. The fourth-order valence-electron chi connectivity index (χ4n) is 5.93. The monoisotopic (exact) mass is 706 g/mol. The fourth-order valence-corrected chi connectivity index (χ4v) is 7.68. The third-order valence-electron chi connectivity index (χ3n) is 7.90. The number of aromatic nitrogens is 2. The van der Waals surface area contributed by atoms with Crippen molar-refractivity contribution in [3.8, 4) is 0 Å². The van der Waals surface area contributed by atoms with Gasteiger partial charge in [0.25, 0.3) is 0 Å². The summed E-state index contributed by atoms with van der Waals surface area (Å²) in [6.45, 7) is 2.09. The molecule has 1 aromatic heterocycles. The Hall–Kier alpha value is -1.22. The number of imidazole rings is 1. The highest BCUT2D eigenvalue weighted by Crippen LogP contribution is 2.43. The Balaban J connectivity index is 1.14. The van der Waals surface area contributed by atoms with Gasteiger partial charge in [-0.1, -0.05) is 18.2 Å². The highest BCUT2D eigenvalue weighted by molar-refractivity contribution is 14.1. The van der Waals surface area contributed by atoms with Gasteiger partial charge in [-0.25, -0.2) is 11.2 Å². The van der Waals surface area contributed by atoms with Crippen molar-refractivity contribution >= 4 is 76.3 Å². The predicted molar refractivity (Wildman–Crippen MR) is 160 cm³/mol. The Labute approximate surface area is 241 Å². The van der Waals surface area contributed by atoms with Crippen LogP contribution < -0.4 is 5.32 Å². The van der Waals surface area contributed by atoms with E-state index >= 15 is 0 Å². The van der Waals surface area contributed by atoms with Crippen LogP contribution in [-0.4, -0.2) is 54.0 Å². The SMILES string of the molecule is [B]N1C(c2ccc(NC(=O)[C@@H]3CCCN3I)cc2)CCC1c1ccc2nc([C@@H]3CCCN3I)[nH]c2c1. The van der Waals surface area contributed by atoms with Gasteiger partial charge in [-0.05, 0) is 73.9 Å². The third kappa shape index (κ3) is 4.83. The van der Waals surface area contributed by atoms with Gasteiger partial charge in [0.05, 0.1) is 23.1 Å². The number of nitrogens with zero attached hydrogens (tertiary/aromatic N) is 4. The van der Waals surface area contributed by atoms with Crippen LogP contribution in [0.5, 0.6) is 0 Å². The number of benzene rings is 2. The summed E-state index contributed by atoms with van der Waals surface area (Å²) >= 11 is 4.67.